The van der Waals surface area contributed by atoms with Crippen LogP contribution in [0.25, 0.3) is 0 Å². The summed E-state index contributed by atoms with van der Waals surface area (Å²) in [5.74, 6) is 0. The number of hydrogen-bond donors (Lipinski definition) is 1. The van der Waals surface area contributed by atoms with Crippen molar-refractivity contribution in [2.24, 2.45) is 5.41 Å². The van der Waals surface area contributed by atoms with Gasteiger partial charge in [-0.15, -0.1) is 0 Å². The van der Waals surface area contributed by atoms with E-state index in [1.807, 2.05) is 6.92 Å². The zero-order valence-corrected chi connectivity index (χ0v) is 9.39. The monoisotopic (exact) mass is 185 g/mol. The Morgan fingerprint density at radius 2 is 2.00 bits per heavy atom. The first-order chi connectivity index (χ1) is 6.08. The first kappa shape index (κ1) is 11.0. The summed E-state index contributed by atoms with van der Waals surface area (Å²) >= 11 is 0. The van der Waals surface area contributed by atoms with E-state index in [0.717, 1.165) is 13.2 Å². The molecule has 13 heavy (non-hydrogen) atoms. The zero-order valence-electron chi connectivity index (χ0n) is 9.39. The van der Waals surface area contributed by atoms with E-state index in [-0.39, 0.29) is 0 Å². The van der Waals surface area contributed by atoms with Crippen molar-refractivity contribution in [3.63, 3.8) is 0 Å². The highest BCUT2D eigenvalue weighted by Crippen LogP contribution is 2.47. The minimum atomic E-state index is 0.342. The van der Waals surface area contributed by atoms with Crippen LogP contribution in [0.4, 0.5) is 0 Å². The lowest BCUT2D eigenvalue weighted by atomic mass is 10.0. The van der Waals surface area contributed by atoms with Gasteiger partial charge in [0.25, 0.3) is 0 Å². The van der Waals surface area contributed by atoms with Crippen LogP contribution in [0.15, 0.2) is 0 Å². The topological polar surface area (TPSA) is 21.3 Å². The Hall–Kier alpha value is -0.0800. The van der Waals surface area contributed by atoms with E-state index in [4.69, 9.17) is 4.74 Å². The quantitative estimate of drug-likeness (QED) is 0.685. The number of hydrogen-bond acceptors (Lipinski definition) is 2. The number of nitrogens with one attached hydrogen (secondary N) is 1. The van der Waals surface area contributed by atoms with Crippen molar-refractivity contribution >= 4 is 0 Å². The second kappa shape index (κ2) is 4.43. The van der Waals surface area contributed by atoms with Crippen molar-refractivity contribution in [3.05, 3.63) is 0 Å². The van der Waals surface area contributed by atoms with Gasteiger partial charge in [-0.3, -0.25) is 0 Å². The molecule has 1 aliphatic carbocycles. The summed E-state index contributed by atoms with van der Waals surface area (Å²) < 4.78 is 5.46. The van der Waals surface area contributed by atoms with Gasteiger partial charge in [-0.25, -0.2) is 0 Å². The summed E-state index contributed by atoms with van der Waals surface area (Å²) in [5, 5.41) is 3.54. The summed E-state index contributed by atoms with van der Waals surface area (Å²) in [7, 11) is 0. The van der Waals surface area contributed by atoms with E-state index in [2.05, 4.69) is 26.1 Å². The molecule has 0 spiro atoms. The molecule has 1 aliphatic rings. The molecule has 2 nitrogen and oxygen atoms in total. The van der Waals surface area contributed by atoms with Gasteiger partial charge >= 0.3 is 0 Å². The summed E-state index contributed by atoms with van der Waals surface area (Å²) in [6.45, 7) is 10.6. The molecular weight excluding hydrogens is 162 g/mol. The van der Waals surface area contributed by atoms with Gasteiger partial charge in [0.1, 0.15) is 0 Å². The fourth-order valence-electron chi connectivity index (χ4n) is 1.56. The minimum absolute atomic E-state index is 0.342. The molecule has 2 atom stereocenters. The van der Waals surface area contributed by atoms with Crippen LogP contribution in [0.2, 0.25) is 0 Å². The molecule has 1 rings (SSSR count). The molecule has 0 heterocycles. The van der Waals surface area contributed by atoms with E-state index in [1.54, 1.807) is 0 Å². The molecule has 1 saturated carbocycles. The Morgan fingerprint density at radius 1 is 1.38 bits per heavy atom. The summed E-state index contributed by atoms with van der Waals surface area (Å²) in [6.07, 6.45) is 3.10. The molecule has 2 unspecified atom stereocenters. The molecule has 0 aliphatic heterocycles. The summed E-state index contributed by atoms with van der Waals surface area (Å²) in [6, 6.07) is 0.635. The van der Waals surface area contributed by atoms with E-state index >= 15 is 0 Å². The second-order valence-electron chi connectivity index (χ2n) is 4.55. The van der Waals surface area contributed by atoms with Gasteiger partial charge in [0.2, 0.25) is 0 Å². The summed E-state index contributed by atoms with van der Waals surface area (Å²) in [5.41, 5.74) is 0.575. The molecule has 0 aromatic heterocycles. The maximum absolute atomic E-state index is 5.46. The number of ether oxygens (including phenoxy) is 1. The lowest BCUT2D eigenvalue weighted by Crippen LogP contribution is -2.38. The second-order valence-corrected chi connectivity index (χ2v) is 4.55. The molecule has 0 aromatic rings. The molecule has 0 amide bonds. The third-order valence-electron chi connectivity index (χ3n) is 3.25. The summed E-state index contributed by atoms with van der Waals surface area (Å²) in [4.78, 5) is 0. The average molecular weight is 185 g/mol. The Bertz CT molecular complexity index is 154. The SMILES string of the molecule is CCOC(C)CNC(C)C1(C)CC1. The first-order valence-electron chi connectivity index (χ1n) is 5.43. The van der Waals surface area contributed by atoms with Crippen LogP contribution in [-0.4, -0.2) is 25.3 Å². The molecule has 0 bridgehead atoms. The predicted octanol–water partition coefficient (Wildman–Crippen LogP) is 2.19. The van der Waals surface area contributed by atoms with Gasteiger partial charge in [0.15, 0.2) is 0 Å². The Morgan fingerprint density at radius 3 is 2.46 bits per heavy atom. The van der Waals surface area contributed by atoms with Crippen molar-refractivity contribution in [2.45, 2.75) is 52.7 Å². The normalized spacial score (nSPS) is 24.0. The Labute approximate surface area is 82.0 Å². The zero-order chi connectivity index (χ0) is 9.90. The largest absolute Gasteiger partial charge is 0.377 e. The van der Waals surface area contributed by atoms with E-state index < -0.39 is 0 Å². The molecule has 0 saturated heterocycles. The van der Waals surface area contributed by atoms with Gasteiger partial charge in [-0.1, -0.05) is 6.92 Å². The average Bonchev–Trinajstić information content (AvgIpc) is 2.81. The maximum Gasteiger partial charge on any atom is 0.0671 e. The highest BCUT2D eigenvalue weighted by molar-refractivity contribution is 4.96. The highest BCUT2D eigenvalue weighted by Gasteiger charge is 2.42. The molecular formula is C11H23NO. The first-order valence-corrected chi connectivity index (χ1v) is 5.43. The van der Waals surface area contributed by atoms with Crippen LogP contribution in [0, 0.1) is 5.41 Å². The third kappa shape index (κ3) is 3.28. The van der Waals surface area contributed by atoms with Gasteiger partial charge < -0.3 is 10.1 Å². The number of rotatable bonds is 6. The Balaban J connectivity index is 2.11. The van der Waals surface area contributed by atoms with Crippen LogP contribution in [0.1, 0.15) is 40.5 Å². The van der Waals surface area contributed by atoms with Crippen LogP contribution >= 0.6 is 0 Å². The molecule has 78 valence electrons. The van der Waals surface area contributed by atoms with Crippen LogP contribution in [0.3, 0.4) is 0 Å². The molecule has 0 radical (unpaired) electrons. The van der Waals surface area contributed by atoms with Crippen LogP contribution in [0.5, 0.6) is 0 Å². The van der Waals surface area contributed by atoms with E-state index in [0.29, 0.717) is 17.6 Å². The predicted molar refractivity (Wildman–Crippen MR) is 55.9 cm³/mol. The standard InChI is InChI=1S/C11H23NO/c1-5-13-9(2)8-12-10(3)11(4)6-7-11/h9-10,12H,5-8H2,1-4H3. The minimum Gasteiger partial charge on any atom is -0.377 e. The highest BCUT2D eigenvalue weighted by atomic mass is 16.5. The Kier molecular flexibility index (Phi) is 3.74. The van der Waals surface area contributed by atoms with Gasteiger partial charge in [0, 0.05) is 19.2 Å². The molecule has 1 fully saturated rings. The molecule has 2 heteroatoms. The van der Waals surface area contributed by atoms with Crippen molar-refractivity contribution < 1.29 is 4.74 Å². The van der Waals surface area contributed by atoms with Crippen LogP contribution in [-0.2, 0) is 4.74 Å². The van der Waals surface area contributed by atoms with Crippen molar-refractivity contribution in [2.75, 3.05) is 13.2 Å². The van der Waals surface area contributed by atoms with Gasteiger partial charge in [-0.05, 0) is 39.0 Å². The fourth-order valence-corrected chi connectivity index (χ4v) is 1.56. The molecule has 0 aromatic carbocycles. The lowest BCUT2D eigenvalue weighted by molar-refractivity contribution is 0.0724. The van der Waals surface area contributed by atoms with Gasteiger partial charge in [-0.2, -0.15) is 0 Å². The third-order valence-corrected chi connectivity index (χ3v) is 3.25. The lowest BCUT2D eigenvalue weighted by Gasteiger charge is -2.22. The van der Waals surface area contributed by atoms with E-state index in [1.165, 1.54) is 12.8 Å². The van der Waals surface area contributed by atoms with Crippen molar-refractivity contribution in [1.82, 2.24) is 5.32 Å². The van der Waals surface area contributed by atoms with Gasteiger partial charge in [0.05, 0.1) is 6.10 Å². The smallest absolute Gasteiger partial charge is 0.0671 e. The van der Waals surface area contributed by atoms with Crippen molar-refractivity contribution in [3.8, 4) is 0 Å². The van der Waals surface area contributed by atoms with Crippen molar-refractivity contribution in [1.29, 1.82) is 0 Å². The van der Waals surface area contributed by atoms with Crippen LogP contribution < -0.4 is 5.32 Å². The maximum atomic E-state index is 5.46. The molecule has 1 N–H and O–H groups in total. The van der Waals surface area contributed by atoms with E-state index in [9.17, 15) is 0 Å². The fraction of sp³-hybridized carbons (Fsp3) is 1.00.